The standard InChI is InChI=1S/C22H18N4O7S/c1-15(27)24-18-8-10-21(11-9-18)34(31,32)33-20-7-2-4-16(12-20)14-23-25-22(28)17-5-3-6-19(13-17)26(29)30/h2-14H,1H3,(H,24,27)(H,25,28)/b23-14-. The Morgan fingerprint density at radius 1 is 1.03 bits per heavy atom. The van der Waals surface area contributed by atoms with Crippen molar-refractivity contribution in [3.63, 3.8) is 0 Å². The smallest absolute Gasteiger partial charge is 0.339 e. The summed E-state index contributed by atoms with van der Waals surface area (Å²) >= 11 is 0. The topological polar surface area (TPSA) is 157 Å². The Hall–Kier alpha value is -4.58. The van der Waals surface area contributed by atoms with E-state index in [-0.39, 0.29) is 27.8 Å². The first-order valence-electron chi connectivity index (χ1n) is 9.64. The fourth-order valence-electron chi connectivity index (χ4n) is 2.72. The van der Waals surface area contributed by atoms with Crippen molar-refractivity contribution in [2.75, 3.05) is 5.32 Å². The molecule has 12 heteroatoms. The Morgan fingerprint density at radius 2 is 1.74 bits per heavy atom. The summed E-state index contributed by atoms with van der Waals surface area (Å²) in [5.74, 6) is -0.927. The molecule has 0 saturated carbocycles. The molecule has 0 unspecified atom stereocenters. The van der Waals surface area contributed by atoms with Crippen molar-refractivity contribution in [3.8, 4) is 5.75 Å². The lowest BCUT2D eigenvalue weighted by Crippen LogP contribution is -2.17. The van der Waals surface area contributed by atoms with E-state index in [1.807, 2.05) is 0 Å². The van der Waals surface area contributed by atoms with Gasteiger partial charge < -0.3 is 9.50 Å². The molecule has 0 saturated heterocycles. The number of rotatable bonds is 8. The molecule has 0 atom stereocenters. The number of hydrazone groups is 1. The van der Waals surface area contributed by atoms with Gasteiger partial charge in [0.2, 0.25) is 5.91 Å². The molecule has 174 valence electrons. The van der Waals surface area contributed by atoms with Crippen LogP contribution in [-0.2, 0) is 14.9 Å². The van der Waals surface area contributed by atoms with Crippen molar-refractivity contribution in [1.29, 1.82) is 0 Å². The normalized spacial score (nSPS) is 11.1. The zero-order valence-corrected chi connectivity index (χ0v) is 18.5. The Labute approximate surface area is 194 Å². The van der Waals surface area contributed by atoms with Gasteiger partial charge in [0.1, 0.15) is 10.6 Å². The molecule has 0 aromatic heterocycles. The van der Waals surface area contributed by atoms with Gasteiger partial charge >= 0.3 is 10.1 Å². The Morgan fingerprint density at radius 3 is 2.41 bits per heavy atom. The fourth-order valence-corrected chi connectivity index (χ4v) is 3.64. The second-order valence-electron chi connectivity index (χ2n) is 6.82. The molecule has 3 aromatic rings. The number of nitrogens with one attached hydrogen (secondary N) is 2. The number of nitrogens with zero attached hydrogens (tertiary/aromatic N) is 2. The lowest BCUT2D eigenvalue weighted by Gasteiger charge is -2.08. The summed E-state index contributed by atoms with van der Waals surface area (Å²) in [6.45, 7) is 1.34. The Kier molecular flexibility index (Phi) is 7.33. The van der Waals surface area contributed by atoms with Crippen LogP contribution in [0.3, 0.4) is 0 Å². The SMILES string of the molecule is CC(=O)Nc1ccc(S(=O)(=O)Oc2cccc(/C=N\NC(=O)c3cccc([N+](=O)[O-])c3)c2)cc1. The number of nitro benzene ring substituents is 1. The van der Waals surface area contributed by atoms with E-state index in [1.165, 1.54) is 73.8 Å². The number of benzene rings is 3. The number of hydrogen-bond donors (Lipinski definition) is 2. The molecule has 2 N–H and O–H groups in total. The van der Waals surface area contributed by atoms with E-state index >= 15 is 0 Å². The highest BCUT2D eigenvalue weighted by Gasteiger charge is 2.17. The summed E-state index contributed by atoms with van der Waals surface area (Å²) in [5.41, 5.74) is 2.94. The average molecular weight is 482 g/mol. The molecule has 0 fully saturated rings. The maximum Gasteiger partial charge on any atom is 0.339 e. The molecule has 3 rings (SSSR count). The summed E-state index contributed by atoms with van der Waals surface area (Å²) in [6, 6.07) is 16.6. The third-order valence-corrected chi connectivity index (χ3v) is 5.49. The van der Waals surface area contributed by atoms with Crippen molar-refractivity contribution in [1.82, 2.24) is 5.43 Å². The summed E-state index contributed by atoms with van der Waals surface area (Å²) in [4.78, 5) is 33.3. The Balaban J connectivity index is 1.66. The van der Waals surface area contributed by atoms with Crippen LogP contribution in [0.5, 0.6) is 5.75 Å². The third kappa shape index (κ3) is 6.46. The van der Waals surface area contributed by atoms with E-state index in [2.05, 4.69) is 15.8 Å². The van der Waals surface area contributed by atoms with Gasteiger partial charge in [0, 0.05) is 30.3 Å². The molecular weight excluding hydrogens is 464 g/mol. The highest BCUT2D eigenvalue weighted by Crippen LogP contribution is 2.21. The second kappa shape index (κ2) is 10.4. The van der Waals surface area contributed by atoms with Gasteiger partial charge in [-0.15, -0.1) is 0 Å². The summed E-state index contributed by atoms with van der Waals surface area (Å²) in [5, 5.41) is 17.1. The van der Waals surface area contributed by atoms with Crippen molar-refractivity contribution in [2.45, 2.75) is 11.8 Å². The first-order chi connectivity index (χ1) is 16.1. The molecule has 0 spiro atoms. The van der Waals surface area contributed by atoms with Crippen LogP contribution in [-0.4, -0.2) is 31.4 Å². The van der Waals surface area contributed by atoms with Crippen LogP contribution in [0.1, 0.15) is 22.8 Å². The van der Waals surface area contributed by atoms with Crippen molar-refractivity contribution in [3.05, 3.63) is 94.0 Å². The number of nitro groups is 1. The molecule has 0 aliphatic carbocycles. The molecule has 0 aliphatic rings. The van der Waals surface area contributed by atoms with Gasteiger partial charge in [-0.25, -0.2) is 5.43 Å². The van der Waals surface area contributed by atoms with Gasteiger partial charge in [-0.05, 0) is 48.0 Å². The second-order valence-corrected chi connectivity index (χ2v) is 8.37. The van der Waals surface area contributed by atoms with Crippen LogP contribution in [0.25, 0.3) is 0 Å². The molecular formula is C22H18N4O7S. The minimum absolute atomic E-state index is 0.0138. The van der Waals surface area contributed by atoms with Gasteiger partial charge in [0.25, 0.3) is 11.6 Å². The molecule has 2 amide bonds. The molecule has 0 heterocycles. The number of non-ortho nitro benzene ring substituents is 1. The first kappa shape index (κ1) is 24.1. The minimum Gasteiger partial charge on any atom is -0.379 e. The van der Waals surface area contributed by atoms with Crippen LogP contribution in [0.4, 0.5) is 11.4 Å². The molecule has 0 radical (unpaired) electrons. The van der Waals surface area contributed by atoms with E-state index in [0.717, 1.165) is 6.07 Å². The van der Waals surface area contributed by atoms with E-state index in [1.54, 1.807) is 6.07 Å². The van der Waals surface area contributed by atoms with Gasteiger partial charge in [-0.1, -0.05) is 18.2 Å². The predicted molar refractivity (Wildman–Crippen MR) is 123 cm³/mol. The number of amides is 2. The highest BCUT2D eigenvalue weighted by atomic mass is 32.2. The first-order valence-corrected chi connectivity index (χ1v) is 11.0. The van der Waals surface area contributed by atoms with Crippen LogP contribution >= 0.6 is 0 Å². The van der Waals surface area contributed by atoms with Crippen molar-refractivity contribution >= 4 is 39.5 Å². The van der Waals surface area contributed by atoms with Gasteiger partial charge in [0.05, 0.1) is 11.1 Å². The van der Waals surface area contributed by atoms with E-state index < -0.39 is 20.9 Å². The van der Waals surface area contributed by atoms with Gasteiger partial charge in [-0.3, -0.25) is 19.7 Å². The number of anilines is 1. The lowest BCUT2D eigenvalue weighted by atomic mass is 10.2. The highest BCUT2D eigenvalue weighted by molar-refractivity contribution is 7.87. The Bertz CT molecular complexity index is 1370. The van der Waals surface area contributed by atoms with Crippen molar-refractivity contribution in [2.24, 2.45) is 5.10 Å². The number of carbonyl (C=O) groups is 2. The summed E-state index contributed by atoms with van der Waals surface area (Å²) in [7, 11) is -4.14. The van der Waals surface area contributed by atoms with E-state index in [9.17, 15) is 28.1 Å². The monoisotopic (exact) mass is 482 g/mol. The van der Waals surface area contributed by atoms with Crippen LogP contribution < -0.4 is 14.9 Å². The zero-order chi connectivity index (χ0) is 24.7. The molecule has 34 heavy (non-hydrogen) atoms. The van der Waals surface area contributed by atoms with E-state index in [4.69, 9.17) is 4.18 Å². The molecule has 3 aromatic carbocycles. The molecule has 0 bridgehead atoms. The number of carbonyl (C=O) groups excluding carboxylic acids is 2. The van der Waals surface area contributed by atoms with E-state index in [0.29, 0.717) is 11.3 Å². The summed E-state index contributed by atoms with van der Waals surface area (Å²) in [6.07, 6.45) is 1.26. The maximum absolute atomic E-state index is 12.5. The predicted octanol–water partition coefficient (Wildman–Crippen LogP) is 3.08. The van der Waals surface area contributed by atoms with Crippen molar-refractivity contribution < 1.29 is 27.1 Å². The lowest BCUT2D eigenvalue weighted by molar-refractivity contribution is -0.384. The number of hydrogen-bond acceptors (Lipinski definition) is 8. The molecule has 11 nitrogen and oxygen atoms in total. The van der Waals surface area contributed by atoms with Gasteiger partial charge in [0.15, 0.2) is 0 Å². The minimum atomic E-state index is -4.14. The quantitative estimate of drug-likeness (QED) is 0.216. The largest absolute Gasteiger partial charge is 0.379 e. The van der Waals surface area contributed by atoms with Crippen LogP contribution in [0.2, 0.25) is 0 Å². The fraction of sp³-hybridized carbons (Fsp3) is 0.0455. The third-order valence-electron chi connectivity index (χ3n) is 4.23. The summed E-state index contributed by atoms with van der Waals surface area (Å²) < 4.78 is 30.2. The maximum atomic E-state index is 12.5. The molecule has 0 aliphatic heterocycles. The van der Waals surface area contributed by atoms with Gasteiger partial charge in [-0.2, -0.15) is 13.5 Å². The zero-order valence-electron chi connectivity index (χ0n) is 17.7. The van der Waals surface area contributed by atoms with Crippen LogP contribution in [0, 0.1) is 10.1 Å². The average Bonchev–Trinajstić information content (AvgIpc) is 2.79. The van der Waals surface area contributed by atoms with Crippen LogP contribution in [0.15, 0.2) is 82.8 Å².